The fraction of sp³-hybridized carbons (Fsp3) is 0.333. The second-order valence-corrected chi connectivity index (χ2v) is 6.05. The molecule has 24 heavy (non-hydrogen) atoms. The van der Waals surface area contributed by atoms with Crippen molar-refractivity contribution in [1.82, 2.24) is 9.97 Å². The zero-order valence-electron chi connectivity index (χ0n) is 13.7. The van der Waals surface area contributed by atoms with Crippen LogP contribution in [0.2, 0.25) is 0 Å². The Morgan fingerprint density at radius 2 is 1.67 bits per heavy atom. The first-order valence-electron chi connectivity index (χ1n) is 8.06. The van der Waals surface area contributed by atoms with Crippen LogP contribution in [-0.4, -0.2) is 35.3 Å². The Morgan fingerprint density at radius 1 is 1.00 bits per heavy atom. The van der Waals surface area contributed by atoms with Gasteiger partial charge < -0.3 is 18.5 Å². The van der Waals surface area contributed by atoms with Crippen molar-refractivity contribution in [2.75, 3.05) is 18.0 Å². The first kappa shape index (κ1) is 15.0. The summed E-state index contributed by atoms with van der Waals surface area (Å²) >= 11 is 0. The van der Waals surface area contributed by atoms with Crippen molar-refractivity contribution in [2.24, 2.45) is 0 Å². The number of morpholine rings is 1. The average Bonchev–Trinajstić information content (AvgIpc) is 3.27. The SMILES string of the molecule is C[C@@H]1CN(c2ncc(-c3ccco3)c(-c3ccco3)n2)C[C@@H](C)O1. The van der Waals surface area contributed by atoms with Crippen molar-refractivity contribution in [2.45, 2.75) is 26.1 Å². The Bertz CT molecular complexity index is 789. The van der Waals surface area contributed by atoms with Crippen molar-refractivity contribution in [3.8, 4) is 22.8 Å². The molecule has 0 aromatic carbocycles. The van der Waals surface area contributed by atoms with Crippen LogP contribution in [-0.2, 0) is 4.74 Å². The Balaban J connectivity index is 1.77. The third kappa shape index (κ3) is 2.80. The summed E-state index contributed by atoms with van der Waals surface area (Å²) in [7, 11) is 0. The van der Waals surface area contributed by atoms with Crippen molar-refractivity contribution in [1.29, 1.82) is 0 Å². The molecule has 4 heterocycles. The van der Waals surface area contributed by atoms with Crippen LogP contribution < -0.4 is 4.90 Å². The van der Waals surface area contributed by atoms with E-state index in [4.69, 9.17) is 18.6 Å². The minimum Gasteiger partial charge on any atom is -0.464 e. The highest BCUT2D eigenvalue weighted by Crippen LogP contribution is 2.32. The molecule has 0 N–H and O–H groups in total. The highest BCUT2D eigenvalue weighted by atomic mass is 16.5. The van der Waals surface area contributed by atoms with Gasteiger partial charge in [-0.2, -0.15) is 0 Å². The predicted molar refractivity (Wildman–Crippen MR) is 89.7 cm³/mol. The number of rotatable bonds is 3. The molecular weight excluding hydrogens is 306 g/mol. The number of hydrogen-bond donors (Lipinski definition) is 0. The number of nitrogens with zero attached hydrogens (tertiary/aromatic N) is 3. The summed E-state index contributed by atoms with van der Waals surface area (Å²) < 4.78 is 16.9. The molecule has 1 fully saturated rings. The molecule has 1 saturated heterocycles. The lowest BCUT2D eigenvalue weighted by molar-refractivity contribution is -0.00571. The van der Waals surface area contributed by atoms with Crippen molar-refractivity contribution in [3.05, 3.63) is 43.0 Å². The van der Waals surface area contributed by atoms with E-state index in [1.807, 2.05) is 24.3 Å². The van der Waals surface area contributed by atoms with Crippen LogP contribution in [0.5, 0.6) is 0 Å². The largest absolute Gasteiger partial charge is 0.464 e. The van der Waals surface area contributed by atoms with Gasteiger partial charge in [-0.05, 0) is 38.1 Å². The number of ether oxygens (including phenoxy) is 1. The van der Waals surface area contributed by atoms with E-state index in [0.717, 1.165) is 30.1 Å². The number of hydrogen-bond acceptors (Lipinski definition) is 6. The minimum atomic E-state index is 0.147. The summed E-state index contributed by atoms with van der Waals surface area (Å²) in [6.45, 7) is 5.66. The molecule has 0 bridgehead atoms. The first-order valence-corrected chi connectivity index (χ1v) is 8.06. The molecule has 1 aliphatic rings. The molecular formula is C18H19N3O3. The number of aromatic nitrogens is 2. The smallest absolute Gasteiger partial charge is 0.226 e. The lowest BCUT2D eigenvalue weighted by Gasteiger charge is -2.35. The molecule has 0 amide bonds. The molecule has 3 aromatic heterocycles. The lowest BCUT2D eigenvalue weighted by Crippen LogP contribution is -2.46. The molecule has 6 heteroatoms. The first-order chi connectivity index (χ1) is 11.7. The van der Waals surface area contributed by atoms with Crippen LogP contribution in [0, 0.1) is 0 Å². The fourth-order valence-corrected chi connectivity index (χ4v) is 3.08. The van der Waals surface area contributed by atoms with E-state index in [1.54, 1.807) is 18.7 Å². The normalized spacial score (nSPS) is 21.2. The van der Waals surface area contributed by atoms with Gasteiger partial charge in [0, 0.05) is 19.3 Å². The Labute approximate surface area is 140 Å². The summed E-state index contributed by atoms with van der Waals surface area (Å²) in [4.78, 5) is 11.5. The van der Waals surface area contributed by atoms with Crippen LogP contribution in [0.4, 0.5) is 5.95 Å². The summed E-state index contributed by atoms with van der Waals surface area (Å²) in [6.07, 6.45) is 5.37. The van der Waals surface area contributed by atoms with Gasteiger partial charge in [0.1, 0.15) is 11.5 Å². The molecule has 3 aromatic rings. The van der Waals surface area contributed by atoms with E-state index in [2.05, 4.69) is 23.7 Å². The van der Waals surface area contributed by atoms with Crippen LogP contribution in [0.1, 0.15) is 13.8 Å². The van der Waals surface area contributed by atoms with Gasteiger partial charge in [0.2, 0.25) is 5.95 Å². The predicted octanol–water partition coefficient (Wildman–Crippen LogP) is 3.61. The van der Waals surface area contributed by atoms with Crippen molar-refractivity contribution in [3.63, 3.8) is 0 Å². The van der Waals surface area contributed by atoms with Crippen molar-refractivity contribution < 1.29 is 13.6 Å². The molecule has 2 atom stereocenters. The zero-order chi connectivity index (χ0) is 16.5. The third-order valence-corrected chi connectivity index (χ3v) is 4.02. The van der Waals surface area contributed by atoms with E-state index in [-0.39, 0.29) is 12.2 Å². The van der Waals surface area contributed by atoms with Gasteiger partial charge >= 0.3 is 0 Å². The van der Waals surface area contributed by atoms with E-state index >= 15 is 0 Å². The van der Waals surface area contributed by atoms with Crippen LogP contribution >= 0.6 is 0 Å². The molecule has 124 valence electrons. The molecule has 0 radical (unpaired) electrons. The highest BCUT2D eigenvalue weighted by molar-refractivity contribution is 5.75. The Kier molecular flexibility index (Phi) is 3.82. The third-order valence-electron chi connectivity index (χ3n) is 4.02. The summed E-state index contributed by atoms with van der Waals surface area (Å²) in [5, 5.41) is 0. The van der Waals surface area contributed by atoms with E-state index in [0.29, 0.717) is 11.7 Å². The molecule has 0 saturated carbocycles. The Morgan fingerprint density at radius 3 is 2.29 bits per heavy atom. The molecule has 0 unspecified atom stereocenters. The topological polar surface area (TPSA) is 64.5 Å². The quantitative estimate of drug-likeness (QED) is 0.733. The van der Waals surface area contributed by atoms with Gasteiger partial charge in [-0.3, -0.25) is 0 Å². The second-order valence-electron chi connectivity index (χ2n) is 6.05. The summed E-state index contributed by atoms with van der Waals surface area (Å²) in [6, 6.07) is 7.48. The van der Waals surface area contributed by atoms with Gasteiger partial charge in [-0.25, -0.2) is 9.97 Å². The summed E-state index contributed by atoms with van der Waals surface area (Å²) in [5.41, 5.74) is 1.54. The van der Waals surface area contributed by atoms with Gasteiger partial charge in [0.15, 0.2) is 5.76 Å². The molecule has 0 aliphatic carbocycles. The molecule has 0 spiro atoms. The molecule has 6 nitrogen and oxygen atoms in total. The monoisotopic (exact) mass is 325 g/mol. The van der Waals surface area contributed by atoms with Crippen LogP contribution in [0.3, 0.4) is 0 Å². The maximum Gasteiger partial charge on any atom is 0.226 e. The summed E-state index contributed by atoms with van der Waals surface area (Å²) in [5.74, 6) is 2.09. The van der Waals surface area contributed by atoms with E-state index in [9.17, 15) is 0 Å². The number of anilines is 1. The van der Waals surface area contributed by atoms with E-state index < -0.39 is 0 Å². The van der Waals surface area contributed by atoms with Crippen molar-refractivity contribution >= 4 is 5.95 Å². The zero-order valence-corrected chi connectivity index (χ0v) is 13.7. The number of furan rings is 2. The van der Waals surface area contributed by atoms with Crippen LogP contribution in [0.25, 0.3) is 22.8 Å². The van der Waals surface area contributed by atoms with E-state index in [1.165, 1.54) is 0 Å². The lowest BCUT2D eigenvalue weighted by atomic mass is 10.1. The second kappa shape index (κ2) is 6.13. The van der Waals surface area contributed by atoms with Crippen LogP contribution in [0.15, 0.2) is 51.8 Å². The van der Waals surface area contributed by atoms with Gasteiger partial charge in [0.05, 0.1) is 30.3 Å². The van der Waals surface area contributed by atoms with Gasteiger partial charge in [-0.1, -0.05) is 0 Å². The molecule has 1 aliphatic heterocycles. The molecule has 4 rings (SSSR count). The maximum atomic E-state index is 5.79. The average molecular weight is 325 g/mol. The maximum absolute atomic E-state index is 5.79. The van der Waals surface area contributed by atoms with Gasteiger partial charge in [-0.15, -0.1) is 0 Å². The Hall–Kier alpha value is -2.60. The van der Waals surface area contributed by atoms with Gasteiger partial charge in [0.25, 0.3) is 0 Å². The minimum absolute atomic E-state index is 0.147. The highest BCUT2D eigenvalue weighted by Gasteiger charge is 2.25. The standard InChI is InChI=1S/C18H19N3O3/c1-12-10-21(11-13(2)24-12)18-19-9-14(15-5-3-7-22-15)17(20-18)16-6-4-8-23-16/h3-9,12-13H,10-11H2,1-2H3/t12-,13-/m1/s1. The fourth-order valence-electron chi connectivity index (χ4n) is 3.08.